The third kappa shape index (κ3) is 9.14. The van der Waals surface area contributed by atoms with Crippen LogP contribution < -0.4 is 19.6 Å². The molecule has 0 atom stereocenters. The Morgan fingerprint density at radius 2 is 0.472 bits per heavy atom. The maximum absolute atomic E-state index is 2.59. The summed E-state index contributed by atoms with van der Waals surface area (Å²) in [6.07, 6.45) is 0. The van der Waals surface area contributed by atoms with E-state index in [1.165, 1.54) is 125 Å². The molecule has 0 fully saturated rings. The van der Waals surface area contributed by atoms with Crippen LogP contribution in [0.25, 0.3) is 130 Å². The molecule has 0 spiro atoms. The molecule has 0 aliphatic heterocycles. The summed E-state index contributed by atoms with van der Waals surface area (Å²) in [5.74, 6) is 0. The van der Waals surface area contributed by atoms with Gasteiger partial charge in [-0.25, -0.2) is 0 Å². The highest BCUT2D eigenvalue weighted by Crippen LogP contribution is 2.57. The Morgan fingerprint density at radius 1 is 0.194 bits per heavy atom. The van der Waals surface area contributed by atoms with E-state index in [2.05, 4.69) is 418 Å². The van der Waals surface area contributed by atoms with Crippen molar-refractivity contribution in [3.63, 3.8) is 0 Å². The summed E-state index contributed by atoms with van der Waals surface area (Å²) in [6, 6.07) is 139. The Bertz CT molecular complexity index is 7290. The molecule has 506 valence electrons. The average Bonchev–Trinajstić information content (AvgIpc) is 1.52. The quantitative estimate of drug-likeness (QED) is 0.115. The highest BCUT2D eigenvalue weighted by molar-refractivity contribution is 6.36. The molecular weight excluding hydrogens is 1310 g/mol. The van der Waals surface area contributed by atoms with Crippen LogP contribution in [-0.2, 0) is 0 Å². The fourth-order valence-electron chi connectivity index (χ4n) is 18.3. The Balaban J connectivity index is 0.734. The van der Waals surface area contributed by atoms with Gasteiger partial charge in [-0.1, -0.05) is 261 Å². The van der Waals surface area contributed by atoms with Crippen molar-refractivity contribution in [3.05, 3.63) is 387 Å². The Morgan fingerprint density at radius 3 is 0.843 bits per heavy atom. The van der Waals surface area contributed by atoms with Gasteiger partial charge in [-0.3, -0.25) is 0 Å². The minimum absolute atomic E-state index is 1.06. The first-order chi connectivity index (χ1) is 53.5. The fourth-order valence-corrected chi connectivity index (χ4v) is 18.3. The van der Waals surface area contributed by atoms with E-state index in [-0.39, 0.29) is 0 Å². The molecule has 108 heavy (non-hydrogen) atoms. The lowest BCUT2D eigenvalue weighted by molar-refractivity contribution is 1.27. The summed E-state index contributed by atoms with van der Waals surface area (Å²) in [5, 5.41) is 19.1. The lowest BCUT2D eigenvalue weighted by Crippen LogP contribution is -2.13. The molecule has 0 aliphatic rings. The number of hydrogen-bond donors (Lipinski definition) is 0. The average molecular weight is 1380 g/mol. The second-order valence-electron chi connectivity index (χ2n) is 28.8. The van der Waals surface area contributed by atoms with E-state index in [1.54, 1.807) is 0 Å². The van der Waals surface area contributed by atoms with Crippen molar-refractivity contribution in [1.29, 1.82) is 0 Å². The molecule has 4 aromatic heterocycles. The molecule has 0 saturated heterocycles. The second kappa shape index (κ2) is 24.2. The van der Waals surface area contributed by atoms with Crippen LogP contribution in [0.4, 0.5) is 68.2 Å². The van der Waals surface area contributed by atoms with Crippen molar-refractivity contribution < 1.29 is 0 Å². The third-order valence-electron chi connectivity index (χ3n) is 22.8. The van der Waals surface area contributed by atoms with Crippen LogP contribution in [0.2, 0.25) is 0 Å². The molecule has 0 radical (unpaired) electrons. The van der Waals surface area contributed by atoms with Crippen LogP contribution in [0.1, 0.15) is 11.1 Å². The SMILES string of the molecule is Cc1ccccc1N(c1ccccc1)c1c2ccccc2cc2c1c1cccc3c4c(N(c5ccccc5)c5ccc(-c6cccc(N(c7ccccc7)c7c8ccccc8cc8c7c7cccc9c%10c(N(c%11ccccc%11)c%11ccccc%11)c%11ccccc%11cc%10n8c97)c6)cc5C)c5ccccc5cc4n2c13. The molecule has 22 aromatic rings. The van der Waals surface area contributed by atoms with Gasteiger partial charge < -0.3 is 28.4 Å². The minimum atomic E-state index is 1.06. The number of para-hydroxylation sites is 8. The summed E-state index contributed by atoms with van der Waals surface area (Å²) in [5.41, 5.74) is 25.1. The predicted molar refractivity (Wildman–Crippen MR) is 459 cm³/mol. The van der Waals surface area contributed by atoms with E-state index in [4.69, 9.17) is 0 Å². The zero-order valence-corrected chi connectivity index (χ0v) is 59.5. The monoisotopic (exact) mass is 1380 g/mol. The summed E-state index contributed by atoms with van der Waals surface area (Å²) in [6.45, 7) is 4.52. The standard InChI is InChI=1S/C102H68N6/c1-65-31-18-27-56-87(65)105(76-43-14-6-15-44-76)101-81-50-25-21-34-71(81)63-91-95(101)85-54-30-55-86-96-92(108(91)98(85)86)64-72-35-22-26-51-82(72)102(96)106(77-45-16-7-17-46-77)88-58-57-68(59-66(88)2)67-36-28-47-78(60-67)104(75-41-12-5-13-42-75)100-80-49-24-20-33-70(80)62-90-94(100)84-53-29-52-83-93-89(107(90)97(83)84)61-69-32-19-23-48-79(69)99(93)103(73-37-8-3-9-38-73)74-39-10-4-11-40-74/h3-64H,1-2H3. The lowest BCUT2D eigenvalue weighted by atomic mass is 9.96. The van der Waals surface area contributed by atoms with Gasteiger partial charge >= 0.3 is 0 Å². The summed E-state index contributed by atoms with van der Waals surface area (Å²) in [4.78, 5) is 10.0. The largest absolute Gasteiger partial charge is 0.309 e. The molecule has 6 nitrogen and oxygen atoms in total. The molecule has 0 amide bonds. The molecule has 0 bridgehead atoms. The number of benzene rings is 18. The summed E-state index contributed by atoms with van der Waals surface area (Å²) >= 11 is 0. The van der Waals surface area contributed by atoms with Gasteiger partial charge in [0.25, 0.3) is 0 Å². The molecule has 0 saturated carbocycles. The van der Waals surface area contributed by atoms with Gasteiger partial charge in [-0.15, -0.1) is 0 Å². The smallest absolute Gasteiger partial charge is 0.0640 e. The number of hydrogen-bond acceptors (Lipinski definition) is 4. The third-order valence-corrected chi connectivity index (χ3v) is 22.8. The van der Waals surface area contributed by atoms with Crippen LogP contribution in [-0.4, -0.2) is 8.80 Å². The van der Waals surface area contributed by atoms with Crippen LogP contribution in [0, 0.1) is 13.8 Å². The lowest BCUT2D eigenvalue weighted by Gasteiger charge is -2.30. The molecule has 0 unspecified atom stereocenters. The van der Waals surface area contributed by atoms with Crippen LogP contribution in [0.15, 0.2) is 376 Å². The summed E-state index contributed by atoms with van der Waals surface area (Å²) < 4.78 is 5.17. The van der Waals surface area contributed by atoms with Crippen molar-refractivity contribution in [2.45, 2.75) is 13.8 Å². The minimum Gasteiger partial charge on any atom is -0.309 e. The normalized spacial score (nSPS) is 12.0. The van der Waals surface area contributed by atoms with Crippen molar-refractivity contribution in [2.75, 3.05) is 19.6 Å². The Labute approximate surface area is 624 Å². The van der Waals surface area contributed by atoms with E-state index < -0.39 is 0 Å². The van der Waals surface area contributed by atoms with Gasteiger partial charge in [0.1, 0.15) is 0 Å². The van der Waals surface area contributed by atoms with Crippen molar-refractivity contribution in [2.24, 2.45) is 0 Å². The second-order valence-corrected chi connectivity index (χ2v) is 28.8. The molecule has 22 rings (SSSR count). The van der Waals surface area contributed by atoms with Crippen LogP contribution >= 0.6 is 0 Å². The molecule has 6 heteroatoms. The number of anilines is 12. The van der Waals surface area contributed by atoms with Crippen LogP contribution in [0.3, 0.4) is 0 Å². The van der Waals surface area contributed by atoms with Gasteiger partial charge in [-0.2, -0.15) is 0 Å². The van der Waals surface area contributed by atoms with E-state index in [0.717, 1.165) is 84.6 Å². The molecule has 18 aromatic carbocycles. The summed E-state index contributed by atoms with van der Waals surface area (Å²) in [7, 11) is 0. The van der Waals surface area contributed by atoms with E-state index in [0.29, 0.717) is 0 Å². The zero-order chi connectivity index (χ0) is 71.2. The zero-order valence-electron chi connectivity index (χ0n) is 59.5. The van der Waals surface area contributed by atoms with E-state index >= 15 is 0 Å². The number of aromatic nitrogens is 2. The van der Waals surface area contributed by atoms with Gasteiger partial charge in [0.15, 0.2) is 0 Å². The predicted octanol–water partition coefficient (Wildman–Crippen LogP) is 28.8. The molecule has 0 aliphatic carbocycles. The van der Waals surface area contributed by atoms with Crippen molar-refractivity contribution in [1.82, 2.24) is 8.80 Å². The van der Waals surface area contributed by atoms with Crippen LogP contribution in [0.5, 0.6) is 0 Å². The van der Waals surface area contributed by atoms with E-state index in [1.807, 2.05) is 0 Å². The van der Waals surface area contributed by atoms with Gasteiger partial charge in [-0.05, 0) is 173 Å². The number of fused-ring (bicyclic) bond motifs is 16. The molecule has 4 heterocycles. The van der Waals surface area contributed by atoms with Crippen molar-refractivity contribution >= 4 is 188 Å². The first-order valence-corrected chi connectivity index (χ1v) is 37.3. The number of rotatable bonds is 13. The van der Waals surface area contributed by atoms with E-state index in [9.17, 15) is 0 Å². The first-order valence-electron chi connectivity index (χ1n) is 37.3. The highest BCUT2D eigenvalue weighted by Gasteiger charge is 2.33. The first kappa shape index (κ1) is 61.3. The van der Waals surface area contributed by atoms with Gasteiger partial charge in [0, 0.05) is 110 Å². The maximum atomic E-state index is 2.59. The van der Waals surface area contributed by atoms with Gasteiger partial charge in [0.05, 0.1) is 55.8 Å². The Kier molecular flexibility index (Phi) is 13.7. The molecule has 0 N–H and O–H groups in total. The number of aryl methyl sites for hydroxylation is 2. The maximum Gasteiger partial charge on any atom is 0.0640 e. The fraction of sp³-hybridized carbons (Fsp3) is 0.0196. The Hall–Kier alpha value is -14.2. The highest BCUT2D eigenvalue weighted by atomic mass is 15.2. The number of nitrogens with zero attached hydrogens (tertiary/aromatic N) is 6. The van der Waals surface area contributed by atoms with Crippen molar-refractivity contribution in [3.8, 4) is 11.1 Å². The molecular formula is C102H68N6. The topological polar surface area (TPSA) is 21.8 Å². The van der Waals surface area contributed by atoms with Gasteiger partial charge in [0.2, 0.25) is 0 Å².